The number of aliphatic hydroxyl groups is 1. The molecule has 2 heterocycles. The number of nitrogens with zero attached hydrogens (tertiary/aromatic N) is 3. The molecule has 1 saturated heterocycles. The van der Waals surface area contributed by atoms with Gasteiger partial charge in [0.25, 0.3) is 5.91 Å². The standard InChI is InChI=1S/C30H36N4O5/c1-20-17-23(27(21-11-7-5-8-12-21)34(20)22-13-9-6-10-14-22)28(37)33-16-15-32(29(38)39-30(2,3)4)19-24(33)25(35)18-26(31)36/h5-14,17,24-25,35H,15-16,18-19H2,1-4H3,(H2,31,36)/t24-,25?/m0/s1. The van der Waals surface area contributed by atoms with Gasteiger partial charge >= 0.3 is 6.09 Å². The van der Waals surface area contributed by atoms with Gasteiger partial charge in [-0.25, -0.2) is 4.79 Å². The van der Waals surface area contributed by atoms with E-state index in [1.807, 2.05) is 78.2 Å². The maximum Gasteiger partial charge on any atom is 0.410 e. The van der Waals surface area contributed by atoms with Crippen molar-refractivity contribution in [1.29, 1.82) is 0 Å². The summed E-state index contributed by atoms with van der Waals surface area (Å²) in [4.78, 5) is 41.8. The summed E-state index contributed by atoms with van der Waals surface area (Å²) in [7, 11) is 0. The van der Waals surface area contributed by atoms with Gasteiger partial charge in [0.15, 0.2) is 0 Å². The molecule has 0 aliphatic carbocycles. The summed E-state index contributed by atoms with van der Waals surface area (Å²) in [6.07, 6.45) is -2.14. The van der Waals surface area contributed by atoms with Crippen molar-refractivity contribution in [1.82, 2.24) is 14.4 Å². The molecule has 9 heteroatoms. The van der Waals surface area contributed by atoms with Crippen molar-refractivity contribution in [3.63, 3.8) is 0 Å². The Kier molecular flexibility index (Phi) is 8.11. The molecule has 0 radical (unpaired) electrons. The van der Waals surface area contributed by atoms with Crippen LogP contribution in [0.2, 0.25) is 0 Å². The van der Waals surface area contributed by atoms with E-state index in [4.69, 9.17) is 10.5 Å². The number of aliphatic hydroxyl groups excluding tert-OH is 1. The highest BCUT2D eigenvalue weighted by Gasteiger charge is 2.40. The zero-order chi connectivity index (χ0) is 28.3. The lowest BCUT2D eigenvalue weighted by atomic mass is 10.00. The quantitative estimate of drug-likeness (QED) is 0.501. The molecule has 9 nitrogen and oxygen atoms in total. The fourth-order valence-corrected chi connectivity index (χ4v) is 4.97. The molecule has 3 amide bonds. The molecule has 0 bridgehead atoms. The number of nitrogens with two attached hydrogens (primary N) is 1. The number of carbonyl (C=O) groups excluding carboxylic acids is 3. The third kappa shape index (κ3) is 6.31. The van der Waals surface area contributed by atoms with Crippen LogP contribution in [0.4, 0.5) is 4.79 Å². The number of hydrogen-bond acceptors (Lipinski definition) is 5. The van der Waals surface area contributed by atoms with Crippen LogP contribution in [0.15, 0.2) is 66.7 Å². The van der Waals surface area contributed by atoms with Crippen LogP contribution in [0.1, 0.15) is 43.2 Å². The van der Waals surface area contributed by atoms with E-state index in [9.17, 15) is 19.5 Å². The number of aromatic nitrogens is 1. The predicted octanol–water partition coefficient (Wildman–Crippen LogP) is 3.75. The number of benzene rings is 2. The lowest BCUT2D eigenvalue weighted by Gasteiger charge is -2.43. The summed E-state index contributed by atoms with van der Waals surface area (Å²) in [6.45, 7) is 7.64. The Hall–Kier alpha value is -4.11. The minimum atomic E-state index is -1.26. The fourth-order valence-electron chi connectivity index (χ4n) is 4.97. The van der Waals surface area contributed by atoms with Gasteiger partial charge in [-0.15, -0.1) is 0 Å². The van der Waals surface area contributed by atoms with Crippen LogP contribution in [0.3, 0.4) is 0 Å². The number of aryl methyl sites for hydroxylation is 1. The molecule has 4 rings (SSSR count). The minimum absolute atomic E-state index is 0.00808. The summed E-state index contributed by atoms with van der Waals surface area (Å²) in [5.74, 6) is -0.996. The Morgan fingerprint density at radius 3 is 2.23 bits per heavy atom. The Morgan fingerprint density at radius 2 is 1.64 bits per heavy atom. The van der Waals surface area contributed by atoms with E-state index >= 15 is 0 Å². The zero-order valence-electron chi connectivity index (χ0n) is 22.8. The SMILES string of the molecule is Cc1cc(C(=O)N2CCN(C(=O)OC(C)(C)C)C[C@H]2C(O)CC(N)=O)c(-c2ccccc2)n1-c1ccccc1. The lowest BCUT2D eigenvalue weighted by molar-refractivity contribution is -0.121. The number of ether oxygens (including phenoxy) is 1. The molecule has 3 N–H and O–H groups in total. The summed E-state index contributed by atoms with van der Waals surface area (Å²) in [6, 6.07) is 20.4. The number of amides is 3. The molecule has 1 aliphatic heterocycles. The second-order valence-corrected chi connectivity index (χ2v) is 10.8. The third-order valence-corrected chi connectivity index (χ3v) is 6.66. The second-order valence-electron chi connectivity index (χ2n) is 10.8. The van der Waals surface area contributed by atoms with Crippen LogP contribution in [-0.4, -0.2) is 74.8 Å². The van der Waals surface area contributed by atoms with Crippen LogP contribution in [0.25, 0.3) is 16.9 Å². The van der Waals surface area contributed by atoms with Gasteiger partial charge in [0, 0.05) is 31.0 Å². The highest BCUT2D eigenvalue weighted by Crippen LogP contribution is 2.33. The van der Waals surface area contributed by atoms with E-state index in [-0.39, 0.29) is 32.0 Å². The van der Waals surface area contributed by atoms with Crippen molar-refractivity contribution in [3.8, 4) is 16.9 Å². The van der Waals surface area contributed by atoms with E-state index < -0.39 is 29.7 Å². The number of para-hydroxylation sites is 1. The maximum absolute atomic E-state index is 14.2. The Labute approximate surface area is 228 Å². The first kappa shape index (κ1) is 27.9. The summed E-state index contributed by atoms with van der Waals surface area (Å²) in [5, 5.41) is 11.0. The highest BCUT2D eigenvalue weighted by atomic mass is 16.6. The molecule has 1 aromatic heterocycles. The van der Waals surface area contributed by atoms with Gasteiger partial charge in [0.1, 0.15) is 5.60 Å². The van der Waals surface area contributed by atoms with Crippen LogP contribution in [-0.2, 0) is 9.53 Å². The monoisotopic (exact) mass is 532 g/mol. The Bertz CT molecular complexity index is 1330. The molecule has 1 aliphatic rings. The molecule has 2 atom stereocenters. The van der Waals surface area contributed by atoms with Crippen molar-refractivity contribution in [2.45, 2.75) is 51.9 Å². The van der Waals surface area contributed by atoms with Crippen molar-refractivity contribution in [2.24, 2.45) is 5.73 Å². The van der Waals surface area contributed by atoms with E-state index in [2.05, 4.69) is 0 Å². The van der Waals surface area contributed by atoms with Crippen molar-refractivity contribution in [2.75, 3.05) is 19.6 Å². The zero-order valence-corrected chi connectivity index (χ0v) is 22.8. The van der Waals surface area contributed by atoms with Crippen LogP contribution < -0.4 is 5.73 Å². The van der Waals surface area contributed by atoms with Gasteiger partial charge < -0.3 is 29.9 Å². The maximum atomic E-state index is 14.2. The first-order chi connectivity index (χ1) is 18.5. The molecule has 1 unspecified atom stereocenters. The van der Waals surface area contributed by atoms with Crippen LogP contribution in [0.5, 0.6) is 0 Å². The van der Waals surface area contributed by atoms with E-state index in [1.54, 1.807) is 25.7 Å². The number of piperazine rings is 1. The molecule has 0 spiro atoms. The molecular formula is C30H36N4O5. The van der Waals surface area contributed by atoms with Gasteiger partial charge in [0.05, 0.1) is 29.8 Å². The Balaban J connectivity index is 1.75. The molecule has 1 fully saturated rings. The van der Waals surface area contributed by atoms with Gasteiger partial charge in [-0.05, 0) is 51.5 Å². The second kappa shape index (κ2) is 11.3. The number of hydrogen-bond donors (Lipinski definition) is 2. The van der Waals surface area contributed by atoms with Gasteiger partial charge in [-0.1, -0.05) is 48.5 Å². The average Bonchev–Trinajstić information content (AvgIpc) is 3.24. The number of rotatable bonds is 6. The summed E-state index contributed by atoms with van der Waals surface area (Å²) < 4.78 is 7.55. The lowest BCUT2D eigenvalue weighted by Crippen LogP contribution is -2.61. The fraction of sp³-hybridized carbons (Fsp3) is 0.367. The average molecular weight is 533 g/mol. The molecule has 2 aromatic carbocycles. The summed E-state index contributed by atoms with van der Waals surface area (Å²) in [5.41, 5.74) is 8.51. The normalized spacial score (nSPS) is 16.6. The van der Waals surface area contributed by atoms with Gasteiger partial charge in [0.2, 0.25) is 5.91 Å². The molecule has 206 valence electrons. The molecule has 3 aromatic rings. The molecule has 39 heavy (non-hydrogen) atoms. The minimum Gasteiger partial charge on any atom is -0.444 e. The number of primary amides is 1. The topological polar surface area (TPSA) is 118 Å². The molecule has 0 saturated carbocycles. The van der Waals surface area contributed by atoms with Crippen molar-refractivity contribution >= 4 is 17.9 Å². The smallest absolute Gasteiger partial charge is 0.410 e. The van der Waals surface area contributed by atoms with Gasteiger partial charge in [-0.3, -0.25) is 9.59 Å². The third-order valence-electron chi connectivity index (χ3n) is 6.66. The van der Waals surface area contributed by atoms with E-state index in [0.29, 0.717) is 5.56 Å². The van der Waals surface area contributed by atoms with Crippen molar-refractivity contribution < 1.29 is 24.2 Å². The first-order valence-electron chi connectivity index (χ1n) is 13.0. The first-order valence-corrected chi connectivity index (χ1v) is 13.0. The van der Waals surface area contributed by atoms with Crippen LogP contribution >= 0.6 is 0 Å². The van der Waals surface area contributed by atoms with Crippen molar-refractivity contribution in [3.05, 3.63) is 78.0 Å². The van der Waals surface area contributed by atoms with E-state index in [0.717, 1.165) is 22.6 Å². The number of carbonyl (C=O) groups is 3. The highest BCUT2D eigenvalue weighted by molar-refractivity contribution is 6.01. The Morgan fingerprint density at radius 1 is 1.03 bits per heavy atom. The van der Waals surface area contributed by atoms with Crippen LogP contribution in [0, 0.1) is 6.92 Å². The predicted molar refractivity (Wildman–Crippen MR) is 148 cm³/mol. The largest absolute Gasteiger partial charge is 0.444 e. The molecular weight excluding hydrogens is 496 g/mol. The summed E-state index contributed by atoms with van der Waals surface area (Å²) >= 11 is 0. The van der Waals surface area contributed by atoms with Gasteiger partial charge in [-0.2, -0.15) is 0 Å². The van der Waals surface area contributed by atoms with E-state index in [1.165, 1.54) is 4.90 Å².